The van der Waals surface area contributed by atoms with Gasteiger partial charge in [-0.3, -0.25) is 9.52 Å². The van der Waals surface area contributed by atoms with Crippen LogP contribution in [0.2, 0.25) is 0 Å². The second-order valence-electron chi connectivity index (χ2n) is 9.09. The van der Waals surface area contributed by atoms with Crippen LogP contribution >= 0.6 is 0 Å². The number of amides is 1. The number of piperidine rings is 1. The number of rotatable bonds is 10. The van der Waals surface area contributed by atoms with Gasteiger partial charge in [0.25, 0.3) is 10.0 Å². The molecule has 0 radical (unpaired) electrons. The fourth-order valence-corrected chi connectivity index (χ4v) is 6.96. The molecule has 1 amide bonds. The Morgan fingerprint density at radius 1 is 0.838 bits per heavy atom. The van der Waals surface area contributed by atoms with Crippen LogP contribution in [0.25, 0.3) is 0 Å². The minimum absolute atomic E-state index is 0.0448. The number of carbonyl (C=O) groups is 1. The van der Waals surface area contributed by atoms with Crippen LogP contribution in [0.1, 0.15) is 24.8 Å². The molecule has 0 bridgehead atoms. The topological polar surface area (TPSA) is 113 Å². The maximum atomic E-state index is 12.9. The summed E-state index contributed by atoms with van der Waals surface area (Å²) in [6.45, 7) is 0.561. The highest BCUT2D eigenvalue weighted by atomic mass is 32.2. The first-order valence-electron chi connectivity index (χ1n) is 12.2. The van der Waals surface area contributed by atoms with Gasteiger partial charge in [-0.15, -0.1) is 0 Å². The lowest BCUT2D eigenvalue weighted by molar-refractivity contribution is -0.120. The number of hydrogen-bond acceptors (Lipinski definition) is 5. The molecule has 1 saturated heterocycles. The SMILES string of the molecule is O=C(Nc1ccc(S(=O)(=O)Nc2ccccc2)cc1)[C@H]1CCCN(S(=O)(=O)CCCc2ccccc2)C1. The Labute approximate surface area is 218 Å². The third-order valence-electron chi connectivity index (χ3n) is 6.32. The Morgan fingerprint density at radius 3 is 2.16 bits per heavy atom. The quantitative estimate of drug-likeness (QED) is 0.401. The van der Waals surface area contributed by atoms with E-state index in [1.807, 2.05) is 30.3 Å². The molecule has 8 nitrogen and oxygen atoms in total. The summed E-state index contributed by atoms with van der Waals surface area (Å²) in [5, 5.41) is 2.80. The predicted octanol–water partition coefficient (Wildman–Crippen LogP) is 4.10. The van der Waals surface area contributed by atoms with Gasteiger partial charge in [0.05, 0.1) is 16.6 Å². The van der Waals surface area contributed by atoms with Crippen molar-refractivity contribution in [2.24, 2.45) is 5.92 Å². The number of para-hydroxylation sites is 1. The lowest BCUT2D eigenvalue weighted by atomic mass is 9.99. The van der Waals surface area contributed by atoms with Gasteiger partial charge in [0, 0.05) is 24.5 Å². The van der Waals surface area contributed by atoms with E-state index in [0.29, 0.717) is 43.6 Å². The number of benzene rings is 3. The van der Waals surface area contributed by atoms with Gasteiger partial charge in [0.1, 0.15) is 0 Å². The fraction of sp³-hybridized carbons (Fsp3) is 0.296. The van der Waals surface area contributed by atoms with Crippen LogP contribution in [0.15, 0.2) is 89.8 Å². The lowest BCUT2D eigenvalue weighted by Crippen LogP contribution is -2.44. The largest absolute Gasteiger partial charge is 0.326 e. The van der Waals surface area contributed by atoms with Crippen LogP contribution in [0.3, 0.4) is 0 Å². The van der Waals surface area contributed by atoms with E-state index in [2.05, 4.69) is 10.0 Å². The number of nitrogens with one attached hydrogen (secondary N) is 2. The number of aryl methyl sites for hydroxylation is 1. The summed E-state index contributed by atoms with van der Waals surface area (Å²) >= 11 is 0. The minimum Gasteiger partial charge on any atom is -0.326 e. The van der Waals surface area contributed by atoms with E-state index in [-0.39, 0.29) is 23.1 Å². The van der Waals surface area contributed by atoms with Gasteiger partial charge in [-0.2, -0.15) is 0 Å². The third-order valence-corrected chi connectivity index (χ3v) is 9.64. The van der Waals surface area contributed by atoms with Crippen molar-refractivity contribution in [3.63, 3.8) is 0 Å². The molecule has 4 rings (SSSR count). The summed E-state index contributed by atoms with van der Waals surface area (Å²) in [6, 6.07) is 24.2. The molecule has 1 aliphatic rings. The first-order chi connectivity index (χ1) is 17.7. The molecule has 3 aromatic rings. The van der Waals surface area contributed by atoms with Gasteiger partial charge >= 0.3 is 0 Å². The molecule has 3 aromatic carbocycles. The second kappa shape index (κ2) is 11.9. The third kappa shape index (κ3) is 7.41. The van der Waals surface area contributed by atoms with Crippen LogP contribution in [-0.4, -0.2) is 45.9 Å². The smallest absolute Gasteiger partial charge is 0.261 e. The van der Waals surface area contributed by atoms with E-state index in [1.54, 1.807) is 30.3 Å². The molecule has 10 heteroatoms. The maximum absolute atomic E-state index is 12.9. The van der Waals surface area contributed by atoms with Crippen LogP contribution in [0, 0.1) is 5.92 Å². The zero-order valence-electron chi connectivity index (χ0n) is 20.4. The molecule has 196 valence electrons. The van der Waals surface area contributed by atoms with Crippen LogP contribution in [0.4, 0.5) is 11.4 Å². The Kier molecular flexibility index (Phi) is 8.63. The monoisotopic (exact) mass is 541 g/mol. The van der Waals surface area contributed by atoms with Gasteiger partial charge in [-0.1, -0.05) is 48.5 Å². The summed E-state index contributed by atoms with van der Waals surface area (Å²) in [5.41, 5.74) is 2.01. The number of sulfonamides is 2. The van der Waals surface area contributed by atoms with Crippen molar-refractivity contribution >= 4 is 37.3 Å². The van der Waals surface area contributed by atoms with Crippen molar-refractivity contribution in [1.29, 1.82) is 0 Å². The molecule has 1 aliphatic heterocycles. The molecule has 1 heterocycles. The summed E-state index contributed by atoms with van der Waals surface area (Å²) in [6.07, 6.45) is 2.41. The average molecular weight is 542 g/mol. The Hall–Kier alpha value is -3.21. The van der Waals surface area contributed by atoms with Crippen LogP contribution < -0.4 is 10.0 Å². The Bertz CT molecular complexity index is 1400. The zero-order chi connectivity index (χ0) is 26.3. The van der Waals surface area contributed by atoms with E-state index in [4.69, 9.17) is 0 Å². The first-order valence-corrected chi connectivity index (χ1v) is 15.3. The molecular formula is C27H31N3O5S2. The standard InChI is InChI=1S/C27H31N3O5S2/c31-27(28-24-15-17-26(18-16-24)37(34,35)29-25-13-5-2-6-14-25)23-12-7-19-30(21-23)36(32,33)20-8-11-22-9-3-1-4-10-22/h1-6,9-10,13-18,23,29H,7-8,11-12,19-21H2,(H,28,31)/t23-/m0/s1. The molecule has 2 N–H and O–H groups in total. The second-order valence-corrected chi connectivity index (χ2v) is 12.9. The minimum atomic E-state index is -3.76. The average Bonchev–Trinajstić information content (AvgIpc) is 2.90. The van der Waals surface area contributed by atoms with Crippen molar-refractivity contribution < 1.29 is 21.6 Å². The predicted molar refractivity (Wildman–Crippen MR) is 145 cm³/mol. The zero-order valence-corrected chi connectivity index (χ0v) is 22.0. The molecule has 1 atom stereocenters. The molecule has 0 unspecified atom stereocenters. The van der Waals surface area contributed by atoms with Gasteiger partial charge < -0.3 is 5.32 Å². The van der Waals surface area contributed by atoms with Gasteiger partial charge in [0.2, 0.25) is 15.9 Å². The highest BCUT2D eigenvalue weighted by Gasteiger charge is 2.32. The number of hydrogen-bond donors (Lipinski definition) is 2. The van der Waals surface area contributed by atoms with Crippen LogP contribution in [0.5, 0.6) is 0 Å². The van der Waals surface area contributed by atoms with E-state index in [0.717, 1.165) is 5.56 Å². The number of nitrogens with zero attached hydrogens (tertiary/aromatic N) is 1. The van der Waals surface area contributed by atoms with Crippen molar-refractivity contribution in [2.45, 2.75) is 30.6 Å². The van der Waals surface area contributed by atoms with Crippen molar-refractivity contribution in [2.75, 3.05) is 28.9 Å². The van der Waals surface area contributed by atoms with Crippen molar-refractivity contribution in [1.82, 2.24) is 4.31 Å². The Morgan fingerprint density at radius 2 is 1.49 bits per heavy atom. The Balaban J connectivity index is 1.31. The normalized spacial score (nSPS) is 16.7. The highest BCUT2D eigenvalue weighted by molar-refractivity contribution is 7.92. The van der Waals surface area contributed by atoms with Gasteiger partial charge in [0.15, 0.2) is 0 Å². The molecular weight excluding hydrogens is 510 g/mol. The molecule has 37 heavy (non-hydrogen) atoms. The highest BCUT2D eigenvalue weighted by Crippen LogP contribution is 2.23. The van der Waals surface area contributed by atoms with Crippen molar-refractivity contribution in [3.05, 3.63) is 90.5 Å². The molecule has 0 spiro atoms. The molecule has 0 saturated carbocycles. The molecule has 0 aromatic heterocycles. The number of anilines is 2. The summed E-state index contributed by atoms with van der Waals surface area (Å²) in [4.78, 5) is 13.0. The maximum Gasteiger partial charge on any atom is 0.261 e. The summed E-state index contributed by atoms with van der Waals surface area (Å²) in [5.74, 6) is -0.702. The van der Waals surface area contributed by atoms with E-state index >= 15 is 0 Å². The number of carbonyl (C=O) groups excluding carboxylic acids is 1. The molecule has 0 aliphatic carbocycles. The first kappa shape index (κ1) is 26.8. The van der Waals surface area contributed by atoms with E-state index in [9.17, 15) is 21.6 Å². The van der Waals surface area contributed by atoms with E-state index in [1.165, 1.54) is 28.6 Å². The lowest BCUT2D eigenvalue weighted by Gasteiger charge is -2.31. The van der Waals surface area contributed by atoms with E-state index < -0.39 is 26.0 Å². The van der Waals surface area contributed by atoms with Gasteiger partial charge in [-0.05, 0) is 67.6 Å². The molecule has 1 fully saturated rings. The van der Waals surface area contributed by atoms with Crippen LogP contribution in [-0.2, 0) is 31.3 Å². The fourth-order valence-electron chi connectivity index (χ4n) is 4.32. The summed E-state index contributed by atoms with van der Waals surface area (Å²) in [7, 11) is -7.23. The van der Waals surface area contributed by atoms with Gasteiger partial charge in [-0.25, -0.2) is 21.1 Å². The van der Waals surface area contributed by atoms with Crippen molar-refractivity contribution in [3.8, 4) is 0 Å². The summed E-state index contributed by atoms with van der Waals surface area (Å²) < 4.78 is 54.9.